The molecule has 0 amide bonds. The largest absolute Gasteiger partial charge is 0.456 e. The summed E-state index contributed by atoms with van der Waals surface area (Å²) in [4.78, 5) is 17.4. The number of carbonyl (C=O) groups excluding carboxylic acids is 1. The number of fused-ring (bicyclic) bond motifs is 2. The van der Waals surface area contributed by atoms with E-state index < -0.39 is 0 Å². The van der Waals surface area contributed by atoms with E-state index in [2.05, 4.69) is 43.3 Å². The van der Waals surface area contributed by atoms with E-state index in [4.69, 9.17) is 4.74 Å². The van der Waals surface area contributed by atoms with Gasteiger partial charge in [0.25, 0.3) is 0 Å². The smallest absolute Gasteiger partial charge is 0.357 e. The van der Waals surface area contributed by atoms with Gasteiger partial charge >= 0.3 is 5.97 Å². The third-order valence-electron chi connectivity index (χ3n) is 6.02. The molecule has 0 N–H and O–H groups in total. The van der Waals surface area contributed by atoms with Crippen LogP contribution in [0.25, 0.3) is 16.8 Å². The van der Waals surface area contributed by atoms with Gasteiger partial charge < -0.3 is 9.30 Å². The van der Waals surface area contributed by atoms with E-state index in [9.17, 15) is 4.79 Å². The SMILES string of the molecule is CCC1=C(C)c2cc3nc(C(=O)OCc4ccccc4)c(C)c-3c(C)n2[C@@H]1C. The lowest BCUT2D eigenvalue weighted by Crippen LogP contribution is -2.10. The topological polar surface area (TPSA) is 44.1 Å². The highest BCUT2D eigenvalue weighted by atomic mass is 16.5. The Morgan fingerprint density at radius 1 is 1.18 bits per heavy atom. The lowest BCUT2D eigenvalue weighted by atomic mass is 10.0. The Kier molecular flexibility index (Phi) is 4.58. The first-order valence-corrected chi connectivity index (χ1v) is 9.87. The van der Waals surface area contributed by atoms with Gasteiger partial charge in [0.2, 0.25) is 0 Å². The molecule has 4 heteroatoms. The summed E-state index contributed by atoms with van der Waals surface area (Å²) in [5.41, 5.74) is 9.39. The number of esters is 1. The molecule has 3 aliphatic heterocycles. The fourth-order valence-corrected chi connectivity index (χ4v) is 4.60. The summed E-state index contributed by atoms with van der Waals surface area (Å²) in [7, 11) is 0. The molecule has 0 unspecified atom stereocenters. The Balaban J connectivity index is 1.72. The van der Waals surface area contributed by atoms with Gasteiger partial charge in [-0.1, -0.05) is 37.3 Å². The molecule has 0 aromatic heterocycles. The Labute approximate surface area is 166 Å². The van der Waals surface area contributed by atoms with Crippen LogP contribution in [-0.2, 0) is 11.3 Å². The Morgan fingerprint density at radius 3 is 2.57 bits per heavy atom. The molecule has 144 valence electrons. The average Bonchev–Trinajstić information content (AvgIpc) is 3.15. The molecule has 1 aromatic rings. The van der Waals surface area contributed by atoms with Crippen molar-refractivity contribution in [3.8, 4) is 11.3 Å². The molecule has 0 saturated carbocycles. The van der Waals surface area contributed by atoms with Crippen LogP contribution in [0.5, 0.6) is 0 Å². The van der Waals surface area contributed by atoms with Crippen LogP contribution in [0.2, 0.25) is 0 Å². The lowest BCUT2D eigenvalue weighted by Gasteiger charge is -2.20. The molecule has 3 heterocycles. The van der Waals surface area contributed by atoms with Gasteiger partial charge in [0.1, 0.15) is 6.61 Å². The second kappa shape index (κ2) is 6.93. The van der Waals surface area contributed by atoms with Gasteiger partial charge in [-0.15, -0.1) is 0 Å². The molecule has 0 fully saturated rings. The van der Waals surface area contributed by atoms with Crippen molar-refractivity contribution in [1.82, 2.24) is 9.55 Å². The number of pyridine rings is 1. The zero-order chi connectivity index (χ0) is 20.0. The van der Waals surface area contributed by atoms with Crippen LogP contribution in [-0.4, -0.2) is 15.5 Å². The van der Waals surface area contributed by atoms with Gasteiger partial charge in [-0.05, 0) is 62.5 Å². The highest BCUT2D eigenvalue weighted by Crippen LogP contribution is 2.43. The quantitative estimate of drug-likeness (QED) is 0.549. The molecule has 4 rings (SSSR count). The summed E-state index contributed by atoms with van der Waals surface area (Å²) in [6, 6.07) is 12.2. The first-order chi connectivity index (χ1) is 13.4. The highest BCUT2D eigenvalue weighted by Gasteiger charge is 2.31. The first-order valence-electron chi connectivity index (χ1n) is 9.87. The van der Waals surface area contributed by atoms with E-state index in [1.54, 1.807) is 0 Å². The van der Waals surface area contributed by atoms with Crippen molar-refractivity contribution in [3.63, 3.8) is 0 Å². The number of aromatic nitrogens is 2. The number of hydrogen-bond acceptors (Lipinski definition) is 3. The molecule has 3 aliphatic rings. The van der Waals surface area contributed by atoms with E-state index in [0.717, 1.165) is 34.5 Å². The maximum atomic E-state index is 12.7. The number of nitrogens with zero attached hydrogens (tertiary/aromatic N) is 2. The van der Waals surface area contributed by atoms with Crippen molar-refractivity contribution < 1.29 is 9.53 Å². The third kappa shape index (κ3) is 2.75. The predicted octanol–water partition coefficient (Wildman–Crippen LogP) is 5.72. The molecule has 1 atom stereocenters. The highest BCUT2D eigenvalue weighted by molar-refractivity contribution is 5.94. The van der Waals surface area contributed by atoms with Crippen molar-refractivity contribution in [3.05, 3.63) is 70.2 Å². The van der Waals surface area contributed by atoms with Crippen LogP contribution < -0.4 is 0 Å². The number of hydrogen-bond donors (Lipinski definition) is 0. The van der Waals surface area contributed by atoms with E-state index in [1.807, 2.05) is 37.3 Å². The van der Waals surface area contributed by atoms with Crippen LogP contribution in [0.15, 0.2) is 42.0 Å². The molecule has 0 aliphatic carbocycles. The fourth-order valence-electron chi connectivity index (χ4n) is 4.60. The van der Waals surface area contributed by atoms with Crippen molar-refractivity contribution in [2.24, 2.45) is 0 Å². The number of ether oxygens (including phenoxy) is 1. The summed E-state index contributed by atoms with van der Waals surface area (Å²) >= 11 is 0. The number of allylic oxidation sites excluding steroid dienone is 2. The number of benzene rings is 1. The van der Waals surface area contributed by atoms with Crippen molar-refractivity contribution in [2.75, 3.05) is 0 Å². The van der Waals surface area contributed by atoms with Crippen molar-refractivity contribution >= 4 is 11.5 Å². The first kappa shape index (κ1) is 18.5. The maximum absolute atomic E-state index is 12.7. The third-order valence-corrected chi connectivity index (χ3v) is 6.02. The minimum absolute atomic E-state index is 0.255. The van der Waals surface area contributed by atoms with E-state index in [1.165, 1.54) is 16.8 Å². The minimum atomic E-state index is -0.364. The van der Waals surface area contributed by atoms with Crippen LogP contribution in [0.3, 0.4) is 0 Å². The second-order valence-corrected chi connectivity index (χ2v) is 7.57. The van der Waals surface area contributed by atoms with Gasteiger partial charge in [-0.25, -0.2) is 9.78 Å². The average molecular weight is 374 g/mol. The Morgan fingerprint density at radius 2 is 1.89 bits per heavy atom. The molecule has 0 bridgehead atoms. The standard InChI is InChI=1S/C24H26N2O2/c1-6-19-14(2)21-12-20-22(17(5)26(21)16(19)4)15(3)23(25-20)24(27)28-13-18-10-8-7-9-11-18/h7-12,16H,6,13H2,1-5H3/t16-/m1/s1. The van der Waals surface area contributed by atoms with Gasteiger partial charge in [0.05, 0.1) is 11.7 Å². The van der Waals surface area contributed by atoms with Gasteiger partial charge in [-0.2, -0.15) is 0 Å². The van der Waals surface area contributed by atoms with Gasteiger partial charge in [0.15, 0.2) is 5.69 Å². The van der Waals surface area contributed by atoms with Gasteiger partial charge in [-0.3, -0.25) is 0 Å². The van der Waals surface area contributed by atoms with E-state index >= 15 is 0 Å². The zero-order valence-electron chi connectivity index (χ0n) is 17.2. The van der Waals surface area contributed by atoms with Crippen LogP contribution in [0.4, 0.5) is 0 Å². The normalized spacial score (nSPS) is 16.0. The maximum Gasteiger partial charge on any atom is 0.357 e. The monoisotopic (exact) mass is 374 g/mol. The molecule has 0 radical (unpaired) electrons. The Hall–Kier alpha value is -2.88. The van der Waals surface area contributed by atoms with Gasteiger partial charge in [0, 0.05) is 17.0 Å². The second-order valence-electron chi connectivity index (χ2n) is 7.57. The lowest BCUT2D eigenvalue weighted by molar-refractivity contribution is 0.0466. The molecule has 28 heavy (non-hydrogen) atoms. The predicted molar refractivity (Wildman–Crippen MR) is 111 cm³/mol. The molecular weight excluding hydrogens is 348 g/mol. The molecule has 1 aromatic carbocycles. The van der Waals surface area contributed by atoms with Crippen LogP contribution in [0, 0.1) is 13.8 Å². The zero-order valence-corrected chi connectivity index (χ0v) is 17.2. The molecule has 0 saturated heterocycles. The summed E-state index contributed by atoms with van der Waals surface area (Å²) in [5.74, 6) is -0.364. The summed E-state index contributed by atoms with van der Waals surface area (Å²) in [6.45, 7) is 11.0. The van der Waals surface area contributed by atoms with Crippen LogP contribution >= 0.6 is 0 Å². The molecule has 4 nitrogen and oxygen atoms in total. The Bertz CT molecular complexity index is 1060. The molecular formula is C24H26N2O2. The van der Waals surface area contributed by atoms with E-state index in [0.29, 0.717) is 11.7 Å². The van der Waals surface area contributed by atoms with Crippen molar-refractivity contribution in [2.45, 2.75) is 53.7 Å². The fraction of sp³-hybridized carbons (Fsp3) is 0.333. The number of rotatable bonds is 4. The number of carbonyl (C=O) groups is 1. The van der Waals surface area contributed by atoms with E-state index in [-0.39, 0.29) is 12.6 Å². The summed E-state index contributed by atoms with van der Waals surface area (Å²) in [6.07, 6.45) is 1.04. The van der Waals surface area contributed by atoms with Crippen LogP contribution in [0.1, 0.15) is 66.2 Å². The molecule has 0 spiro atoms. The summed E-state index contributed by atoms with van der Waals surface area (Å²) < 4.78 is 7.90. The van der Waals surface area contributed by atoms with Crippen molar-refractivity contribution in [1.29, 1.82) is 0 Å². The summed E-state index contributed by atoms with van der Waals surface area (Å²) in [5, 5.41) is 0. The minimum Gasteiger partial charge on any atom is -0.456 e.